The van der Waals surface area contributed by atoms with Crippen LogP contribution in [0.1, 0.15) is 34.9 Å². The molecule has 22 heavy (non-hydrogen) atoms. The minimum atomic E-state index is -0.621. The summed E-state index contributed by atoms with van der Waals surface area (Å²) in [6.45, 7) is 5.50. The minimum absolute atomic E-state index is 0.00363. The van der Waals surface area contributed by atoms with Gasteiger partial charge < -0.3 is 10.1 Å². The van der Waals surface area contributed by atoms with Crippen LogP contribution in [0.15, 0.2) is 29.6 Å². The van der Waals surface area contributed by atoms with Gasteiger partial charge in [-0.1, -0.05) is 0 Å². The number of carbonyl (C=O) groups excluding carboxylic acids is 2. The number of thiazole rings is 1. The molecule has 0 fully saturated rings. The van der Waals surface area contributed by atoms with E-state index >= 15 is 0 Å². The van der Waals surface area contributed by atoms with E-state index in [1.165, 1.54) is 18.3 Å². The zero-order valence-electron chi connectivity index (χ0n) is 12.8. The van der Waals surface area contributed by atoms with E-state index in [1.54, 1.807) is 31.2 Å². The summed E-state index contributed by atoms with van der Waals surface area (Å²) in [6, 6.07) is 6.73. The van der Waals surface area contributed by atoms with Crippen LogP contribution < -0.4 is 10.1 Å². The van der Waals surface area contributed by atoms with E-state index in [-0.39, 0.29) is 11.7 Å². The first-order chi connectivity index (χ1) is 10.5. The van der Waals surface area contributed by atoms with Crippen molar-refractivity contribution in [3.05, 3.63) is 45.9 Å². The van der Waals surface area contributed by atoms with Gasteiger partial charge in [0.25, 0.3) is 5.91 Å². The van der Waals surface area contributed by atoms with Crippen LogP contribution in [0.4, 0.5) is 0 Å². The molecule has 0 aliphatic rings. The van der Waals surface area contributed by atoms with Gasteiger partial charge in [0.05, 0.1) is 6.54 Å². The summed E-state index contributed by atoms with van der Waals surface area (Å²) in [7, 11) is 0. The number of carbonyl (C=O) groups is 2. The average molecular weight is 318 g/mol. The summed E-state index contributed by atoms with van der Waals surface area (Å²) in [5.41, 5.74) is 1.56. The van der Waals surface area contributed by atoms with Gasteiger partial charge in [0.15, 0.2) is 11.9 Å². The molecule has 1 N–H and O–H groups in total. The molecule has 0 aliphatic heterocycles. The average Bonchev–Trinajstić information content (AvgIpc) is 2.91. The highest BCUT2D eigenvalue weighted by molar-refractivity contribution is 7.09. The van der Waals surface area contributed by atoms with Crippen molar-refractivity contribution in [3.63, 3.8) is 0 Å². The summed E-state index contributed by atoms with van der Waals surface area (Å²) in [5, 5.41) is 5.60. The summed E-state index contributed by atoms with van der Waals surface area (Å²) >= 11 is 1.51. The van der Waals surface area contributed by atoms with Gasteiger partial charge in [-0.15, -0.1) is 11.3 Å². The van der Waals surface area contributed by atoms with Crippen LogP contribution in [-0.4, -0.2) is 22.8 Å². The maximum absolute atomic E-state index is 12.0. The molecule has 116 valence electrons. The number of hydrogen-bond donors (Lipinski definition) is 1. The molecular weight excluding hydrogens is 300 g/mol. The molecule has 2 aromatic rings. The van der Waals surface area contributed by atoms with Gasteiger partial charge in [-0.2, -0.15) is 0 Å². The fourth-order valence-electron chi connectivity index (χ4n) is 1.82. The highest BCUT2D eigenvalue weighted by Crippen LogP contribution is 2.14. The molecule has 1 aromatic carbocycles. The third-order valence-electron chi connectivity index (χ3n) is 3.02. The Kier molecular flexibility index (Phi) is 5.27. The second kappa shape index (κ2) is 7.17. The largest absolute Gasteiger partial charge is 0.481 e. The van der Waals surface area contributed by atoms with Crippen LogP contribution in [0.2, 0.25) is 0 Å². The topological polar surface area (TPSA) is 68.3 Å². The van der Waals surface area contributed by atoms with E-state index in [2.05, 4.69) is 10.3 Å². The summed E-state index contributed by atoms with van der Waals surface area (Å²) in [6.07, 6.45) is -0.621. The number of benzene rings is 1. The maximum atomic E-state index is 12.0. The van der Waals surface area contributed by atoms with Crippen molar-refractivity contribution in [2.75, 3.05) is 0 Å². The lowest BCUT2D eigenvalue weighted by molar-refractivity contribution is -0.127. The lowest BCUT2D eigenvalue weighted by Crippen LogP contribution is -2.35. The van der Waals surface area contributed by atoms with Crippen molar-refractivity contribution in [2.45, 2.75) is 33.4 Å². The first-order valence-corrected chi connectivity index (χ1v) is 7.80. The zero-order valence-corrected chi connectivity index (χ0v) is 13.6. The number of rotatable bonds is 6. The number of nitrogens with zero attached hydrogens (tertiary/aromatic N) is 1. The molecule has 1 heterocycles. The number of hydrogen-bond acceptors (Lipinski definition) is 5. The molecule has 5 nitrogen and oxygen atoms in total. The molecule has 0 saturated carbocycles. The molecular formula is C16H18N2O3S. The SMILES string of the molecule is CC(=O)c1ccc(OC(C)C(=O)NCc2nc(C)cs2)cc1. The molecule has 6 heteroatoms. The fraction of sp³-hybridized carbons (Fsp3) is 0.312. The van der Waals surface area contributed by atoms with Crippen LogP contribution in [-0.2, 0) is 11.3 Å². The zero-order chi connectivity index (χ0) is 16.1. The lowest BCUT2D eigenvalue weighted by atomic mass is 10.1. The van der Waals surface area contributed by atoms with E-state index in [9.17, 15) is 9.59 Å². The smallest absolute Gasteiger partial charge is 0.261 e. The number of aromatic nitrogens is 1. The number of amides is 1. The van der Waals surface area contributed by atoms with Gasteiger partial charge in [0.2, 0.25) is 0 Å². The second-order valence-electron chi connectivity index (χ2n) is 4.94. The Balaban J connectivity index is 1.86. The van der Waals surface area contributed by atoms with E-state index in [0.717, 1.165) is 10.7 Å². The molecule has 1 atom stereocenters. The van der Waals surface area contributed by atoms with Gasteiger partial charge in [-0.25, -0.2) is 4.98 Å². The predicted molar refractivity (Wildman–Crippen MR) is 85.2 cm³/mol. The molecule has 1 amide bonds. The van der Waals surface area contributed by atoms with Crippen molar-refractivity contribution in [1.29, 1.82) is 0 Å². The van der Waals surface area contributed by atoms with Crippen molar-refractivity contribution in [3.8, 4) is 5.75 Å². The van der Waals surface area contributed by atoms with Gasteiger partial charge in [0, 0.05) is 16.6 Å². The van der Waals surface area contributed by atoms with Gasteiger partial charge in [-0.3, -0.25) is 9.59 Å². The number of ketones is 1. The molecule has 0 aliphatic carbocycles. The third kappa shape index (κ3) is 4.39. The maximum Gasteiger partial charge on any atom is 0.261 e. The number of aryl methyl sites for hydroxylation is 1. The predicted octanol–water partition coefficient (Wildman–Crippen LogP) is 2.74. The van der Waals surface area contributed by atoms with E-state index < -0.39 is 6.10 Å². The Morgan fingerprint density at radius 2 is 2.00 bits per heavy atom. The highest BCUT2D eigenvalue weighted by atomic mass is 32.1. The molecule has 2 rings (SSSR count). The molecule has 1 unspecified atom stereocenters. The monoisotopic (exact) mass is 318 g/mol. The third-order valence-corrected chi connectivity index (χ3v) is 3.99. The van der Waals surface area contributed by atoms with Gasteiger partial charge in [0.1, 0.15) is 10.8 Å². The fourth-order valence-corrected chi connectivity index (χ4v) is 2.53. The summed E-state index contributed by atoms with van der Waals surface area (Å²) in [4.78, 5) is 27.5. The van der Waals surface area contributed by atoms with Crippen LogP contribution in [0, 0.1) is 6.92 Å². The van der Waals surface area contributed by atoms with Gasteiger partial charge in [-0.05, 0) is 45.0 Å². The van der Waals surface area contributed by atoms with E-state index in [4.69, 9.17) is 4.74 Å². The van der Waals surface area contributed by atoms with E-state index in [0.29, 0.717) is 17.9 Å². The van der Waals surface area contributed by atoms with Crippen molar-refractivity contribution in [1.82, 2.24) is 10.3 Å². The van der Waals surface area contributed by atoms with Crippen molar-refractivity contribution in [2.24, 2.45) is 0 Å². The van der Waals surface area contributed by atoms with E-state index in [1.807, 2.05) is 12.3 Å². The van der Waals surface area contributed by atoms with Crippen LogP contribution in [0.25, 0.3) is 0 Å². The van der Waals surface area contributed by atoms with Crippen molar-refractivity contribution < 1.29 is 14.3 Å². The molecule has 0 spiro atoms. The Bertz CT molecular complexity index is 664. The number of nitrogens with one attached hydrogen (secondary N) is 1. The Hall–Kier alpha value is -2.21. The molecule has 0 radical (unpaired) electrons. The Morgan fingerprint density at radius 1 is 1.32 bits per heavy atom. The minimum Gasteiger partial charge on any atom is -0.481 e. The van der Waals surface area contributed by atoms with Gasteiger partial charge >= 0.3 is 0 Å². The lowest BCUT2D eigenvalue weighted by Gasteiger charge is -2.14. The molecule has 1 aromatic heterocycles. The Morgan fingerprint density at radius 3 is 2.55 bits per heavy atom. The van der Waals surface area contributed by atoms with Crippen LogP contribution in [0.3, 0.4) is 0 Å². The van der Waals surface area contributed by atoms with Crippen LogP contribution in [0.5, 0.6) is 5.75 Å². The Labute approximate surface area is 133 Å². The first kappa shape index (κ1) is 16.2. The quantitative estimate of drug-likeness (QED) is 0.832. The van der Waals surface area contributed by atoms with Crippen LogP contribution >= 0.6 is 11.3 Å². The highest BCUT2D eigenvalue weighted by Gasteiger charge is 2.15. The second-order valence-corrected chi connectivity index (χ2v) is 5.88. The molecule has 0 bridgehead atoms. The normalized spacial score (nSPS) is 11.8. The summed E-state index contributed by atoms with van der Waals surface area (Å²) in [5.74, 6) is 0.345. The number of ether oxygens (including phenoxy) is 1. The van der Waals surface area contributed by atoms with Crippen molar-refractivity contribution >= 4 is 23.0 Å². The standard InChI is InChI=1S/C16H18N2O3S/c1-10-9-22-15(18-10)8-17-16(20)12(3)21-14-6-4-13(5-7-14)11(2)19/h4-7,9,12H,8H2,1-3H3,(H,17,20). The molecule has 0 saturated heterocycles. The summed E-state index contributed by atoms with van der Waals surface area (Å²) < 4.78 is 5.56. The first-order valence-electron chi connectivity index (χ1n) is 6.92. The number of Topliss-reactive ketones (excluding diaryl/α,β-unsaturated/α-hetero) is 1.